The van der Waals surface area contributed by atoms with Crippen molar-refractivity contribution in [1.29, 1.82) is 0 Å². The van der Waals surface area contributed by atoms with E-state index in [0.717, 1.165) is 0 Å². The van der Waals surface area contributed by atoms with Crippen molar-refractivity contribution >= 4 is 30.8 Å². The number of anilines is 1. The number of carbonyl (C=O) groups is 1. The molecule has 4 unspecified atom stereocenters. The number of nitrogen functional groups attached to an aromatic ring is 1. The van der Waals surface area contributed by atoms with Gasteiger partial charge in [0, 0.05) is 0 Å². The highest BCUT2D eigenvalue weighted by Crippen LogP contribution is 2.47. The Morgan fingerprint density at radius 1 is 1.25 bits per heavy atom. The fourth-order valence-corrected chi connectivity index (χ4v) is 5.23. The Morgan fingerprint density at radius 2 is 1.94 bits per heavy atom. The predicted octanol–water partition coefficient (Wildman–Crippen LogP) is 2.76. The van der Waals surface area contributed by atoms with Gasteiger partial charge in [0.05, 0.1) is 25.6 Å². The number of nitrogens with two attached hydrogens (primary N) is 1. The molecule has 0 aliphatic heterocycles. The molecule has 2 aromatic heterocycles. The third kappa shape index (κ3) is 6.49. The molecule has 0 radical (unpaired) electrons. The smallest absolute Gasteiger partial charge is 0.459 e. The lowest BCUT2D eigenvalue weighted by molar-refractivity contribution is -0.142. The lowest BCUT2D eigenvalue weighted by Gasteiger charge is -2.30. The zero-order valence-corrected chi connectivity index (χ0v) is 21.6. The van der Waals surface area contributed by atoms with Gasteiger partial charge in [0.15, 0.2) is 11.2 Å². The molecule has 0 aliphatic carbocycles. The Labute approximate surface area is 207 Å². The number of methoxy groups -OCH3 is 1. The molecule has 196 valence electrons. The van der Waals surface area contributed by atoms with Crippen LogP contribution < -0.4 is 20.9 Å². The van der Waals surface area contributed by atoms with Gasteiger partial charge >= 0.3 is 13.7 Å². The van der Waals surface area contributed by atoms with Gasteiger partial charge < -0.3 is 19.7 Å². The quantitative estimate of drug-likeness (QED) is 0.236. The molecule has 0 amide bonds. The number of fused-ring (bicyclic) bond motifs is 1. The van der Waals surface area contributed by atoms with Crippen molar-refractivity contribution in [2.75, 3.05) is 12.8 Å². The van der Waals surface area contributed by atoms with E-state index < -0.39 is 43.8 Å². The molecule has 36 heavy (non-hydrogen) atoms. The largest absolute Gasteiger partial charge is 0.468 e. The fourth-order valence-electron chi connectivity index (χ4n) is 3.52. The number of nitrogens with zero attached hydrogens (tertiary/aromatic N) is 3. The van der Waals surface area contributed by atoms with Crippen molar-refractivity contribution < 1.29 is 27.9 Å². The molecule has 0 bridgehead atoms. The third-order valence-electron chi connectivity index (χ3n) is 5.32. The molecule has 13 nitrogen and oxygen atoms in total. The summed E-state index contributed by atoms with van der Waals surface area (Å²) in [7, 11) is -2.84. The molecule has 2 heterocycles. The summed E-state index contributed by atoms with van der Waals surface area (Å²) in [5.41, 5.74) is 5.60. The molecule has 0 spiro atoms. The second kappa shape index (κ2) is 11.7. The molecule has 0 saturated heterocycles. The maximum absolute atomic E-state index is 13.7. The Kier molecular flexibility index (Phi) is 8.85. The topological polar surface area (TPSA) is 173 Å². The van der Waals surface area contributed by atoms with Crippen LogP contribution in [0.5, 0.6) is 5.75 Å². The van der Waals surface area contributed by atoms with Gasteiger partial charge in [-0.05, 0) is 39.3 Å². The second-order valence-electron chi connectivity index (χ2n) is 8.04. The predicted molar refractivity (Wildman–Crippen MR) is 132 cm³/mol. The van der Waals surface area contributed by atoms with Crippen LogP contribution in [0.3, 0.4) is 0 Å². The summed E-state index contributed by atoms with van der Waals surface area (Å²) >= 11 is 0. The Balaban J connectivity index is 1.80. The molecule has 0 fully saturated rings. The lowest BCUT2D eigenvalue weighted by Crippen LogP contribution is -2.37. The zero-order chi connectivity index (χ0) is 26.5. The number of hydrogen-bond acceptors (Lipinski definition) is 10. The average Bonchev–Trinajstić information content (AvgIpc) is 3.26. The van der Waals surface area contributed by atoms with Gasteiger partial charge in [-0.2, -0.15) is 10.1 Å². The number of nitrogens with one attached hydrogen (secondary N) is 2. The standard InChI is InChI=1S/C22H31N6O7P/c1-6-17(33-15(4)28-12-24-18-19(28)25-22(23)26-20(18)29)14(3)34-36(31,27-13(2)21(30)32-5)35-16-10-8-7-9-11-16/h7-15,17H,6H2,1-5H3,(H,27,31)(H3,23,25,26,29)/t13?,14?,15?,17-,36?/m0/s1. The van der Waals surface area contributed by atoms with Crippen molar-refractivity contribution in [3.63, 3.8) is 0 Å². The van der Waals surface area contributed by atoms with E-state index in [4.69, 9.17) is 24.3 Å². The van der Waals surface area contributed by atoms with Gasteiger partial charge in [-0.3, -0.25) is 23.7 Å². The summed E-state index contributed by atoms with van der Waals surface area (Å²) < 4.78 is 37.7. The third-order valence-corrected chi connectivity index (χ3v) is 7.09. The first kappa shape index (κ1) is 27.3. The number of hydrogen-bond donors (Lipinski definition) is 3. The number of H-pyrrole nitrogens is 1. The van der Waals surface area contributed by atoms with E-state index in [1.165, 1.54) is 20.4 Å². The number of benzene rings is 1. The van der Waals surface area contributed by atoms with Crippen molar-refractivity contribution in [2.24, 2.45) is 0 Å². The summed E-state index contributed by atoms with van der Waals surface area (Å²) in [5.74, 6) is -0.387. The maximum atomic E-state index is 13.7. The number of para-hydroxylation sites is 1. The normalized spacial score (nSPS) is 16.6. The van der Waals surface area contributed by atoms with E-state index in [-0.39, 0.29) is 17.1 Å². The molecular formula is C22H31N6O7P. The van der Waals surface area contributed by atoms with Gasteiger partial charge in [-0.1, -0.05) is 25.1 Å². The number of rotatable bonds is 12. The average molecular weight is 522 g/mol. The molecule has 5 atom stereocenters. The number of aromatic amines is 1. The zero-order valence-electron chi connectivity index (χ0n) is 20.7. The van der Waals surface area contributed by atoms with Crippen molar-refractivity contribution in [1.82, 2.24) is 24.6 Å². The van der Waals surface area contributed by atoms with E-state index in [1.54, 1.807) is 48.7 Å². The highest BCUT2D eigenvalue weighted by molar-refractivity contribution is 7.52. The van der Waals surface area contributed by atoms with Crippen molar-refractivity contribution in [3.8, 4) is 5.75 Å². The summed E-state index contributed by atoms with van der Waals surface area (Å²) in [4.78, 5) is 34.7. The molecule has 14 heteroatoms. The first-order valence-corrected chi connectivity index (χ1v) is 12.9. The van der Waals surface area contributed by atoms with Gasteiger partial charge in [0.25, 0.3) is 5.56 Å². The Hall–Kier alpha value is -3.25. The SMILES string of the molecule is CC[C@H](OC(C)n1cnc2c(=O)[nH]c(N)nc21)C(C)OP(=O)(NC(C)C(=O)OC)Oc1ccccc1. The van der Waals surface area contributed by atoms with E-state index >= 15 is 0 Å². The monoisotopic (exact) mass is 522 g/mol. The fraction of sp³-hybridized carbons (Fsp3) is 0.455. The van der Waals surface area contributed by atoms with E-state index in [0.29, 0.717) is 12.2 Å². The van der Waals surface area contributed by atoms with Gasteiger partial charge in [-0.15, -0.1) is 0 Å². The minimum atomic E-state index is -4.07. The van der Waals surface area contributed by atoms with E-state index in [9.17, 15) is 14.2 Å². The van der Waals surface area contributed by atoms with Crippen LogP contribution in [0, 0.1) is 0 Å². The minimum Gasteiger partial charge on any atom is -0.468 e. The minimum absolute atomic E-state index is 0.0463. The first-order valence-electron chi connectivity index (χ1n) is 11.3. The summed E-state index contributed by atoms with van der Waals surface area (Å²) in [6.07, 6.45) is -0.0406. The molecule has 1 aromatic carbocycles. The van der Waals surface area contributed by atoms with Gasteiger partial charge in [0.1, 0.15) is 18.0 Å². The summed E-state index contributed by atoms with van der Waals surface area (Å²) in [6.45, 7) is 6.78. The van der Waals surface area contributed by atoms with Gasteiger partial charge in [-0.25, -0.2) is 9.55 Å². The van der Waals surface area contributed by atoms with Crippen LogP contribution in [0.15, 0.2) is 41.5 Å². The highest BCUT2D eigenvalue weighted by Gasteiger charge is 2.36. The van der Waals surface area contributed by atoms with E-state index in [2.05, 4.69) is 20.0 Å². The van der Waals surface area contributed by atoms with Crippen LogP contribution in [0.2, 0.25) is 0 Å². The van der Waals surface area contributed by atoms with Crippen LogP contribution in [-0.4, -0.2) is 50.8 Å². The van der Waals surface area contributed by atoms with Crippen molar-refractivity contribution in [2.45, 2.75) is 58.6 Å². The molecular weight excluding hydrogens is 491 g/mol. The number of imidazole rings is 1. The maximum Gasteiger partial charge on any atom is 0.459 e. The van der Waals surface area contributed by atoms with Crippen LogP contribution in [0.1, 0.15) is 40.3 Å². The highest BCUT2D eigenvalue weighted by atomic mass is 31.2. The number of carbonyl (C=O) groups excluding carboxylic acids is 1. The molecule has 0 saturated carbocycles. The number of ether oxygens (including phenoxy) is 2. The molecule has 4 N–H and O–H groups in total. The van der Waals surface area contributed by atoms with Crippen molar-refractivity contribution in [3.05, 3.63) is 47.0 Å². The summed E-state index contributed by atoms with van der Waals surface area (Å²) in [5, 5.41) is 2.62. The first-order chi connectivity index (χ1) is 17.1. The van der Waals surface area contributed by atoms with Gasteiger partial charge in [0.2, 0.25) is 5.95 Å². The van der Waals surface area contributed by atoms with Crippen LogP contribution in [0.4, 0.5) is 5.95 Å². The van der Waals surface area contributed by atoms with Crippen LogP contribution in [-0.2, 0) is 23.4 Å². The summed E-state index contributed by atoms with van der Waals surface area (Å²) in [6, 6.07) is 7.48. The molecule has 3 aromatic rings. The number of aromatic nitrogens is 4. The van der Waals surface area contributed by atoms with Crippen LogP contribution >= 0.6 is 7.75 Å². The Bertz CT molecular complexity index is 1280. The van der Waals surface area contributed by atoms with E-state index in [1.807, 2.05) is 6.92 Å². The Morgan fingerprint density at radius 3 is 2.58 bits per heavy atom. The lowest BCUT2D eigenvalue weighted by atomic mass is 10.2. The molecule has 0 aliphatic rings. The molecule has 3 rings (SSSR count). The second-order valence-corrected chi connectivity index (χ2v) is 9.69. The number of esters is 1. The van der Waals surface area contributed by atoms with Crippen LogP contribution in [0.25, 0.3) is 11.2 Å².